The fourth-order valence-corrected chi connectivity index (χ4v) is 5.00. The maximum Gasteiger partial charge on any atom is 0.236 e. The number of nitrogens with zero attached hydrogens (tertiary/aromatic N) is 4. The van der Waals surface area contributed by atoms with Gasteiger partial charge in [0, 0.05) is 33.8 Å². The minimum atomic E-state index is -0.116. The molecule has 3 heterocycles. The highest BCUT2D eigenvalue weighted by Gasteiger charge is 2.13. The van der Waals surface area contributed by atoms with Crippen molar-refractivity contribution in [1.29, 1.82) is 0 Å². The molecule has 0 unspecified atom stereocenters. The van der Waals surface area contributed by atoms with E-state index in [1.165, 1.54) is 28.0 Å². The van der Waals surface area contributed by atoms with Gasteiger partial charge in [0.25, 0.3) is 0 Å². The molecular formula is C19H16BrN5OS3. The fourth-order valence-electron chi connectivity index (χ4n) is 2.56. The summed E-state index contributed by atoms with van der Waals surface area (Å²) in [7, 11) is 1.93. The first-order valence-electron chi connectivity index (χ1n) is 8.63. The lowest BCUT2D eigenvalue weighted by molar-refractivity contribution is -0.113. The van der Waals surface area contributed by atoms with Crippen molar-refractivity contribution < 1.29 is 4.79 Å². The van der Waals surface area contributed by atoms with Crippen molar-refractivity contribution >= 4 is 61.4 Å². The SMILES string of the molecule is Cn1c(Cc2cccs2)nnc1SCC(=O)Nc1nc(-c2ccc(Br)cc2)cs1. The molecule has 3 aromatic heterocycles. The highest BCUT2D eigenvalue weighted by Crippen LogP contribution is 2.26. The largest absolute Gasteiger partial charge is 0.309 e. The van der Waals surface area contributed by atoms with Gasteiger partial charge >= 0.3 is 0 Å². The van der Waals surface area contributed by atoms with Crippen molar-refractivity contribution in [2.45, 2.75) is 11.6 Å². The van der Waals surface area contributed by atoms with Crippen molar-refractivity contribution in [3.63, 3.8) is 0 Å². The Labute approximate surface area is 188 Å². The van der Waals surface area contributed by atoms with Gasteiger partial charge in [-0.05, 0) is 23.6 Å². The second-order valence-corrected chi connectivity index (χ2v) is 9.84. The summed E-state index contributed by atoms with van der Waals surface area (Å²) < 4.78 is 2.96. The predicted octanol–water partition coefficient (Wildman–Crippen LogP) is 5.08. The Morgan fingerprint density at radius 2 is 2.03 bits per heavy atom. The zero-order chi connectivity index (χ0) is 20.2. The second kappa shape index (κ2) is 9.21. The van der Waals surface area contributed by atoms with E-state index in [9.17, 15) is 4.79 Å². The number of carbonyl (C=O) groups excluding carboxylic acids is 1. The maximum absolute atomic E-state index is 12.3. The van der Waals surface area contributed by atoms with Crippen molar-refractivity contribution in [1.82, 2.24) is 19.7 Å². The van der Waals surface area contributed by atoms with Crippen LogP contribution in [0.25, 0.3) is 11.3 Å². The van der Waals surface area contributed by atoms with Gasteiger partial charge in [0.15, 0.2) is 10.3 Å². The van der Waals surface area contributed by atoms with Crippen LogP contribution in [0.3, 0.4) is 0 Å². The van der Waals surface area contributed by atoms with E-state index in [4.69, 9.17) is 0 Å². The van der Waals surface area contributed by atoms with E-state index < -0.39 is 0 Å². The molecule has 10 heteroatoms. The summed E-state index contributed by atoms with van der Waals surface area (Å²) in [6.07, 6.45) is 0.742. The molecular weight excluding hydrogens is 490 g/mol. The van der Waals surface area contributed by atoms with E-state index in [0.29, 0.717) is 5.13 Å². The smallest absolute Gasteiger partial charge is 0.236 e. The molecule has 0 aliphatic rings. The van der Waals surface area contributed by atoms with Gasteiger partial charge in [0.05, 0.1) is 11.4 Å². The van der Waals surface area contributed by atoms with Crippen LogP contribution in [-0.4, -0.2) is 31.4 Å². The van der Waals surface area contributed by atoms with E-state index in [1.54, 1.807) is 11.3 Å². The van der Waals surface area contributed by atoms with Crippen LogP contribution in [0, 0.1) is 0 Å². The normalized spacial score (nSPS) is 11.0. The first kappa shape index (κ1) is 20.3. The molecule has 0 aliphatic carbocycles. The number of nitrogens with one attached hydrogen (secondary N) is 1. The lowest BCUT2D eigenvalue weighted by Gasteiger charge is -2.03. The minimum absolute atomic E-state index is 0.116. The second-order valence-electron chi connectivity index (χ2n) is 6.10. The van der Waals surface area contributed by atoms with Crippen molar-refractivity contribution in [3.8, 4) is 11.3 Å². The fraction of sp³-hybridized carbons (Fsp3) is 0.158. The number of thioether (sulfide) groups is 1. The molecule has 0 saturated heterocycles. The zero-order valence-corrected chi connectivity index (χ0v) is 19.4. The third-order valence-corrected chi connectivity index (χ3v) is 7.24. The van der Waals surface area contributed by atoms with E-state index >= 15 is 0 Å². The summed E-state index contributed by atoms with van der Waals surface area (Å²) in [5.74, 6) is 1.02. The van der Waals surface area contributed by atoms with Crippen LogP contribution in [0.1, 0.15) is 10.7 Å². The summed E-state index contributed by atoms with van der Waals surface area (Å²) in [6.45, 7) is 0. The third-order valence-electron chi connectivity index (χ3n) is 4.06. The Kier molecular flexibility index (Phi) is 6.43. The number of rotatable bonds is 7. The van der Waals surface area contributed by atoms with Crippen LogP contribution >= 0.6 is 50.4 Å². The number of halogens is 1. The number of benzene rings is 1. The number of hydrogen-bond donors (Lipinski definition) is 1. The highest BCUT2D eigenvalue weighted by molar-refractivity contribution is 9.10. The summed E-state index contributed by atoms with van der Waals surface area (Å²) in [5, 5.41) is 16.6. The molecule has 29 heavy (non-hydrogen) atoms. The van der Waals surface area contributed by atoms with E-state index in [1.807, 2.05) is 52.7 Å². The number of thiazole rings is 1. The first-order chi connectivity index (χ1) is 14.1. The molecule has 0 spiro atoms. The molecule has 0 atom stereocenters. The van der Waals surface area contributed by atoms with Gasteiger partial charge in [-0.2, -0.15) is 0 Å². The number of amides is 1. The summed E-state index contributed by atoms with van der Waals surface area (Å²) >= 11 is 7.90. The van der Waals surface area contributed by atoms with Gasteiger partial charge in [0.2, 0.25) is 5.91 Å². The summed E-state index contributed by atoms with van der Waals surface area (Å²) in [5.41, 5.74) is 1.86. The molecule has 148 valence electrons. The van der Waals surface area contributed by atoms with Crippen LogP contribution < -0.4 is 5.32 Å². The van der Waals surface area contributed by atoms with Crippen LogP contribution in [0.2, 0.25) is 0 Å². The molecule has 4 rings (SSSR count). The molecule has 1 N–H and O–H groups in total. The predicted molar refractivity (Wildman–Crippen MR) is 123 cm³/mol. The minimum Gasteiger partial charge on any atom is -0.309 e. The monoisotopic (exact) mass is 505 g/mol. The number of hydrogen-bond acceptors (Lipinski definition) is 7. The Hall–Kier alpha value is -2.01. The molecule has 1 amide bonds. The Morgan fingerprint density at radius 3 is 2.79 bits per heavy atom. The van der Waals surface area contributed by atoms with Gasteiger partial charge in [-0.25, -0.2) is 4.98 Å². The van der Waals surface area contributed by atoms with Gasteiger partial charge in [-0.3, -0.25) is 4.79 Å². The molecule has 0 radical (unpaired) electrons. The first-order valence-corrected chi connectivity index (χ1v) is 12.2. The van der Waals surface area contributed by atoms with Crippen molar-refractivity contribution in [2.75, 3.05) is 11.1 Å². The highest BCUT2D eigenvalue weighted by atomic mass is 79.9. The molecule has 1 aromatic carbocycles. The van der Waals surface area contributed by atoms with Crippen molar-refractivity contribution in [3.05, 3.63) is 62.3 Å². The van der Waals surface area contributed by atoms with E-state index in [2.05, 4.69) is 42.5 Å². The van der Waals surface area contributed by atoms with Gasteiger partial charge in [-0.15, -0.1) is 32.9 Å². The van der Waals surface area contributed by atoms with Crippen LogP contribution in [0.5, 0.6) is 0 Å². The average Bonchev–Trinajstić information content (AvgIpc) is 3.45. The molecule has 0 saturated carbocycles. The Bertz CT molecular complexity index is 1110. The average molecular weight is 506 g/mol. The maximum atomic E-state index is 12.3. The number of anilines is 1. The van der Waals surface area contributed by atoms with Crippen LogP contribution in [0.4, 0.5) is 5.13 Å². The number of thiophene rings is 1. The quantitative estimate of drug-likeness (QED) is 0.354. The number of aromatic nitrogens is 4. The van der Waals surface area contributed by atoms with Gasteiger partial charge in [-0.1, -0.05) is 45.9 Å². The third kappa shape index (κ3) is 5.13. The molecule has 0 aliphatic heterocycles. The van der Waals surface area contributed by atoms with Crippen molar-refractivity contribution in [2.24, 2.45) is 7.05 Å². The number of carbonyl (C=O) groups is 1. The van der Waals surface area contributed by atoms with E-state index in [-0.39, 0.29) is 11.7 Å². The zero-order valence-electron chi connectivity index (χ0n) is 15.3. The van der Waals surface area contributed by atoms with Crippen LogP contribution in [-0.2, 0) is 18.3 Å². The summed E-state index contributed by atoms with van der Waals surface area (Å²) in [6, 6.07) is 12.0. The van der Waals surface area contributed by atoms with Crippen LogP contribution in [0.15, 0.2) is 56.8 Å². The Morgan fingerprint density at radius 1 is 1.21 bits per heavy atom. The standard InChI is InChI=1S/C19H16BrN5OS3/c1-25-16(9-14-3-2-8-27-14)23-24-19(25)29-11-17(26)22-18-21-15(10-28-18)12-4-6-13(20)7-5-12/h2-8,10H,9,11H2,1H3,(H,21,22,26). The van der Waals surface area contributed by atoms with Gasteiger partial charge in [0.1, 0.15) is 5.82 Å². The van der Waals surface area contributed by atoms with Gasteiger partial charge < -0.3 is 9.88 Å². The summed E-state index contributed by atoms with van der Waals surface area (Å²) in [4.78, 5) is 18.1. The molecule has 4 aromatic rings. The molecule has 6 nitrogen and oxygen atoms in total. The topological polar surface area (TPSA) is 72.7 Å². The Balaban J connectivity index is 1.33. The van der Waals surface area contributed by atoms with E-state index in [0.717, 1.165) is 33.1 Å². The molecule has 0 bridgehead atoms. The lowest BCUT2D eigenvalue weighted by Crippen LogP contribution is -2.14. The lowest BCUT2D eigenvalue weighted by atomic mass is 10.2. The molecule has 0 fully saturated rings.